The Bertz CT molecular complexity index is 1010. The zero-order valence-corrected chi connectivity index (χ0v) is 17.9. The third-order valence-corrected chi connectivity index (χ3v) is 4.73. The molecular formula is C25H26O6. The van der Waals surface area contributed by atoms with Gasteiger partial charge in [-0.2, -0.15) is 0 Å². The van der Waals surface area contributed by atoms with Gasteiger partial charge in [-0.3, -0.25) is 14.4 Å². The number of Topliss-reactive ketones (excluding diaryl/α,β-unsaturated/α-hetero) is 2. The van der Waals surface area contributed by atoms with E-state index in [1.807, 2.05) is 30.3 Å². The molecule has 2 aromatic rings. The van der Waals surface area contributed by atoms with Gasteiger partial charge in [0.25, 0.3) is 0 Å². The Morgan fingerprint density at radius 2 is 1.48 bits per heavy atom. The van der Waals surface area contributed by atoms with Crippen molar-refractivity contribution in [2.45, 2.75) is 45.5 Å². The van der Waals surface area contributed by atoms with E-state index < -0.39 is 29.9 Å². The number of esters is 1. The number of benzene rings is 2. The minimum Gasteiger partial charge on any atom is -0.460 e. The molecular weight excluding hydrogens is 396 g/mol. The van der Waals surface area contributed by atoms with E-state index in [-0.39, 0.29) is 41.3 Å². The van der Waals surface area contributed by atoms with Gasteiger partial charge in [-0.1, -0.05) is 54.6 Å². The van der Waals surface area contributed by atoms with Crippen LogP contribution in [-0.2, 0) is 20.9 Å². The van der Waals surface area contributed by atoms with E-state index in [9.17, 15) is 19.5 Å². The molecule has 0 aromatic heterocycles. The van der Waals surface area contributed by atoms with Gasteiger partial charge < -0.3 is 14.6 Å². The topological polar surface area (TPSA) is 89.9 Å². The standard InChI is InChI=1S/C25H26O6/c1-25(2,3)31-21(27)13-20(26)22-19(15-30-14-16-9-5-4-6-10-16)23(28)17-11-7-8-12-18(17)24(22)29/h4-12,20,26H,13-15H2,1-3H3. The van der Waals surface area contributed by atoms with Crippen molar-refractivity contribution in [3.05, 3.63) is 82.4 Å². The van der Waals surface area contributed by atoms with Gasteiger partial charge in [0.15, 0.2) is 11.6 Å². The number of ether oxygens (including phenoxy) is 2. The largest absolute Gasteiger partial charge is 0.460 e. The molecule has 6 nitrogen and oxygen atoms in total. The highest BCUT2D eigenvalue weighted by atomic mass is 16.6. The van der Waals surface area contributed by atoms with E-state index >= 15 is 0 Å². The zero-order chi connectivity index (χ0) is 22.6. The first kappa shape index (κ1) is 22.6. The lowest BCUT2D eigenvalue weighted by Crippen LogP contribution is -2.33. The van der Waals surface area contributed by atoms with Crippen molar-refractivity contribution in [3.63, 3.8) is 0 Å². The van der Waals surface area contributed by atoms with Crippen LogP contribution in [0.2, 0.25) is 0 Å². The van der Waals surface area contributed by atoms with Crippen LogP contribution in [0.1, 0.15) is 53.5 Å². The van der Waals surface area contributed by atoms with E-state index in [0.29, 0.717) is 0 Å². The number of fused-ring (bicyclic) bond motifs is 1. The van der Waals surface area contributed by atoms with Crippen molar-refractivity contribution in [2.24, 2.45) is 0 Å². The summed E-state index contributed by atoms with van der Waals surface area (Å²) in [6, 6.07) is 15.8. The van der Waals surface area contributed by atoms with E-state index in [1.54, 1.807) is 39.0 Å². The van der Waals surface area contributed by atoms with Gasteiger partial charge in [0.1, 0.15) is 5.60 Å². The molecule has 0 amide bonds. The van der Waals surface area contributed by atoms with Crippen LogP contribution in [0.3, 0.4) is 0 Å². The molecule has 0 bridgehead atoms. The van der Waals surface area contributed by atoms with E-state index in [0.717, 1.165) is 5.56 Å². The Morgan fingerprint density at radius 3 is 2.10 bits per heavy atom. The fraction of sp³-hybridized carbons (Fsp3) is 0.320. The average Bonchev–Trinajstić information content (AvgIpc) is 2.71. The van der Waals surface area contributed by atoms with Crippen LogP contribution in [0.5, 0.6) is 0 Å². The molecule has 0 saturated heterocycles. The van der Waals surface area contributed by atoms with Gasteiger partial charge in [0.2, 0.25) is 0 Å². The molecule has 1 aliphatic carbocycles. The molecule has 0 radical (unpaired) electrons. The van der Waals surface area contributed by atoms with Crippen LogP contribution in [0.4, 0.5) is 0 Å². The summed E-state index contributed by atoms with van der Waals surface area (Å²) in [5, 5.41) is 10.8. The summed E-state index contributed by atoms with van der Waals surface area (Å²) >= 11 is 0. The molecule has 2 aromatic carbocycles. The normalized spacial score (nSPS) is 15.0. The zero-order valence-electron chi connectivity index (χ0n) is 17.9. The number of hydrogen-bond donors (Lipinski definition) is 1. The Balaban J connectivity index is 1.88. The lowest BCUT2D eigenvalue weighted by molar-refractivity contribution is -0.156. The van der Waals surface area contributed by atoms with Crippen LogP contribution in [0.15, 0.2) is 65.7 Å². The highest BCUT2D eigenvalue weighted by molar-refractivity contribution is 6.27. The van der Waals surface area contributed by atoms with E-state index in [4.69, 9.17) is 9.47 Å². The van der Waals surface area contributed by atoms with Gasteiger partial charge in [-0.05, 0) is 26.3 Å². The Labute approximate surface area is 181 Å². The number of carbonyl (C=O) groups is 3. The van der Waals surface area contributed by atoms with Crippen LogP contribution in [-0.4, -0.2) is 41.0 Å². The summed E-state index contributed by atoms with van der Waals surface area (Å²) in [7, 11) is 0. The van der Waals surface area contributed by atoms with Gasteiger partial charge >= 0.3 is 5.97 Å². The summed E-state index contributed by atoms with van der Waals surface area (Å²) < 4.78 is 11.0. The summed E-state index contributed by atoms with van der Waals surface area (Å²) in [6.45, 7) is 5.22. The number of hydrogen-bond acceptors (Lipinski definition) is 6. The lowest BCUT2D eigenvalue weighted by atomic mass is 9.81. The summed E-state index contributed by atoms with van der Waals surface area (Å²) in [5.74, 6) is -1.53. The molecule has 1 N–H and O–H groups in total. The van der Waals surface area contributed by atoms with Gasteiger partial charge in [-0.25, -0.2) is 0 Å². The van der Waals surface area contributed by atoms with Crippen molar-refractivity contribution in [1.29, 1.82) is 0 Å². The maximum Gasteiger partial charge on any atom is 0.309 e. The van der Waals surface area contributed by atoms with Gasteiger partial charge in [0, 0.05) is 22.3 Å². The third kappa shape index (κ3) is 5.54. The molecule has 162 valence electrons. The second-order valence-corrected chi connectivity index (χ2v) is 8.38. The minimum atomic E-state index is -1.48. The minimum absolute atomic E-state index is 0.0655. The number of rotatable bonds is 7. The Morgan fingerprint density at radius 1 is 0.903 bits per heavy atom. The predicted octanol–water partition coefficient (Wildman–Crippen LogP) is 3.67. The molecule has 1 aliphatic rings. The average molecular weight is 422 g/mol. The molecule has 1 atom stereocenters. The Kier molecular flexibility index (Phi) is 6.83. The van der Waals surface area contributed by atoms with Crippen LogP contribution < -0.4 is 0 Å². The molecule has 0 aliphatic heterocycles. The number of aliphatic hydroxyl groups excluding tert-OH is 1. The van der Waals surface area contributed by atoms with Crippen LogP contribution >= 0.6 is 0 Å². The summed E-state index contributed by atoms with van der Waals surface area (Å²) in [6.07, 6.45) is -1.91. The molecule has 0 heterocycles. The smallest absolute Gasteiger partial charge is 0.309 e. The first-order chi connectivity index (χ1) is 14.7. The lowest BCUT2D eigenvalue weighted by Gasteiger charge is -2.25. The predicted molar refractivity (Wildman–Crippen MR) is 115 cm³/mol. The third-order valence-electron chi connectivity index (χ3n) is 4.73. The van der Waals surface area contributed by atoms with Crippen LogP contribution in [0, 0.1) is 0 Å². The fourth-order valence-corrected chi connectivity index (χ4v) is 3.43. The van der Waals surface area contributed by atoms with Gasteiger partial charge in [0.05, 0.1) is 25.7 Å². The highest BCUT2D eigenvalue weighted by Gasteiger charge is 2.36. The fourth-order valence-electron chi connectivity index (χ4n) is 3.43. The van der Waals surface area contributed by atoms with Crippen molar-refractivity contribution >= 4 is 17.5 Å². The first-order valence-corrected chi connectivity index (χ1v) is 10.1. The maximum absolute atomic E-state index is 13.1. The van der Waals surface area contributed by atoms with Crippen molar-refractivity contribution in [1.82, 2.24) is 0 Å². The van der Waals surface area contributed by atoms with Crippen molar-refractivity contribution < 1.29 is 29.0 Å². The first-order valence-electron chi connectivity index (χ1n) is 10.1. The molecule has 6 heteroatoms. The number of aliphatic hydroxyl groups is 1. The molecule has 0 fully saturated rings. The monoisotopic (exact) mass is 422 g/mol. The number of carbonyl (C=O) groups excluding carboxylic acids is 3. The number of ketones is 2. The SMILES string of the molecule is CC(C)(C)OC(=O)CC(O)C1=C(COCc2ccccc2)C(=O)c2ccccc2C1=O. The maximum atomic E-state index is 13.1. The molecule has 1 unspecified atom stereocenters. The van der Waals surface area contributed by atoms with E-state index in [1.165, 1.54) is 6.07 Å². The second kappa shape index (κ2) is 9.37. The van der Waals surface area contributed by atoms with Crippen molar-refractivity contribution in [3.8, 4) is 0 Å². The van der Waals surface area contributed by atoms with Crippen LogP contribution in [0.25, 0.3) is 0 Å². The quantitative estimate of drug-likeness (QED) is 0.685. The molecule has 3 rings (SSSR count). The molecule has 31 heavy (non-hydrogen) atoms. The van der Waals surface area contributed by atoms with E-state index in [2.05, 4.69) is 0 Å². The van der Waals surface area contributed by atoms with Crippen molar-refractivity contribution in [2.75, 3.05) is 6.61 Å². The molecule has 0 spiro atoms. The van der Waals surface area contributed by atoms with Gasteiger partial charge in [-0.15, -0.1) is 0 Å². The Hall–Kier alpha value is -3.09. The summed E-state index contributed by atoms with van der Waals surface area (Å²) in [4.78, 5) is 38.5. The second-order valence-electron chi connectivity index (χ2n) is 8.38. The summed E-state index contributed by atoms with van der Waals surface area (Å²) in [5.41, 5.74) is 0.607. The molecule has 0 saturated carbocycles. The highest BCUT2D eigenvalue weighted by Crippen LogP contribution is 2.30.